The Morgan fingerprint density at radius 1 is 0.967 bits per heavy atom. The summed E-state index contributed by atoms with van der Waals surface area (Å²) in [5, 5.41) is 0.442. The van der Waals surface area contributed by atoms with Crippen LogP contribution in [0, 0.1) is 11.7 Å². The van der Waals surface area contributed by atoms with Crippen molar-refractivity contribution < 1.29 is 55.4 Å². The van der Waals surface area contributed by atoms with Crippen LogP contribution in [0.4, 0.5) is 10.1 Å². The van der Waals surface area contributed by atoms with Crippen molar-refractivity contribution in [2.24, 2.45) is 5.92 Å². The maximum absolute atomic E-state index is 13.9. The number of likely N-dealkylation sites (N-methyl/N-ethyl adjacent to an activating group) is 1. The molecule has 1 aromatic heterocycles. The van der Waals surface area contributed by atoms with E-state index in [1.54, 1.807) is 61.5 Å². The highest BCUT2D eigenvalue weighted by molar-refractivity contribution is 7.90. The lowest BCUT2D eigenvalue weighted by atomic mass is 9.81. The van der Waals surface area contributed by atoms with Crippen molar-refractivity contribution in [3.8, 4) is 17.6 Å². The van der Waals surface area contributed by atoms with Crippen LogP contribution in [-0.2, 0) is 40.3 Å². The molecule has 4 aromatic carbocycles. The number of rotatable bonds is 13. The van der Waals surface area contributed by atoms with Crippen molar-refractivity contribution >= 4 is 73.1 Å². The van der Waals surface area contributed by atoms with E-state index < -0.39 is 45.0 Å². The highest BCUT2D eigenvalue weighted by atomic mass is 35.5. The Morgan fingerprint density at radius 2 is 1.67 bits per heavy atom. The monoisotopic (exact) mass is 882 g/mol. The van der Waals surface area contributed by atoms with Crippen LogP contribution >= 0.6 is 23.2 Å². The number of hydrogen-bond donors (Lipinski definition) is 0. The molecule has 1 aliphatic carbocycles. The third-order valence-electron chi connectivity index (χ3n) is 9.76. The largest absolute Gasteiger partial charge is 0.481 e. The summed E-state index contributed by atoms with van der Waals surface area (Å²) in [5.41, 5.74) is 1.45. The fraction of sp³-hybridized carbons (Fsp3) is 0.326. The molecule has 1 saturated carbocycles. The van der Waals surface area contributed by atoms with E-state index in [4.69, 9.17) is 46.6 Å². The van der Waals surface area contributed by atoms with Gasteiger partial charge in [-0.1, -0.05) is 35.3 Å². The van der Waals surface area contributed by atoms with Gasteiger partial charge in [-0.2, -0.15) is 4.98 Å². The van der Waals surface area contributed by atoms with Gasteiger partial charge in [0.05, 0.1) is 34.9 Å². The molecule has 1 saturated heterocycles. The molecule has 2 atom stereocenters. The Morgan fingerprint density at radius 3 is 2.33 bits per heavy atom. The second-order valence-electron chi connectivity index (χ2n) is 14.2. The lowest BCUT2D eigenvalue weighted by Gasteiger charge is -2.22. The van der Waals surface area contributed by atoms with E-state index in [9.17, 15) is 32.0 Å². The summed E-state index contributed by atoms with van der Waals surface area (Å²) in [6.07, 6.45) is 2.81. The number of anilines is 1. The van der Waals surface area contributed by atoms with Crippen LogP contribution in [0.5, 0.6) is 17.6 Å². The maximum atomic E-state index is 13.9. The van der Waals surface area contributed by atoms with Gasteiger partial charge in [-0.15, -0.1) is 0 Å². The van der Waals surface area contributed by atoms with Crippen LogP contribution in [0.2, 0.25) is 10.0 Å². The van der Waals surface area contributed by atoms with Crippen molar-refractivity contribution in [3.05, 3.63) is 106 Å². The van der Waals surface area contributed by atoms with Crippen molar-refractivity contribution in [2.45, 2.75) is 62.7 Å². The van der Waals surface area contributed by atoms with Gasteiger partial charge in [0.2, 0.25) is 0 Å². The number of para-hydroxylation sites is 1. The number of benzene rings is 4. The van der Waals surface area contributed by atoms with Crippen LogP contribution in [0.3, 0.4) is 0 Å². The third kappa shape index (κ3) is 10.8. The van der Waals surface area contributed by atoms with Crippen LogP contribution in [0.25, 0.3) is 11.1 Å². The fourth-order valence-corrected chi connectivity index (χ4v) is 8.13. The number of halogens is 3. The van der Waals surface area contributed by atoms with Gasteiger partial charge in [-0.25, -0.2) is 12.8 Å². The third-order valence-corrected chi connectivity index (χ3v) is 11.6. The summed E-state index contributed by atoms with van der Waals surface area (Å²) in [6.45, 7) is 2.41. The zero-order valence-electron chi connectivity index (χ0n) is 32.8. The fourth-order valence-electron chi connectivity index (χ4n) is 6.67. The normalized spacial score (nSPS) is 16.3. The van der Waals surface area contributed by atoms with Crippen LogP contribution in [0.1, 0.15) is 54.9 Å². The Kier molecular flexibility index (Phi) is 14.4. The van der Waals surface area contributed by atoms with Gasteiger partial charge >= 0.3 is 6.08 Å². The second kappa shape index (κ2) is 19.5. The number of fused-ring (bicyclic) bond motifs is 1. The number of nitrogens with zero attached hydrogens (tertiary/aromatic N) is 2. The number of carbonyl (C=O) groups is 4. The van der Waals surface area contributed by atoms with Gasteiger partial charge < -0.3 is 28.3 Å². The summed E-state index contributed by atoms with van der Waals surface area (Å²) in [5.74, 6) is -2.83. The highest BCUT2D eigenvalue weighted by Gasteiger charge is 2.38. The molecule has 17 heteroatoms. The minimum atomic E-state index is -3.64. The zero-order valence-corrected chi connectivity index (χ0v) is 35.2. The molecule has 316 valence electrons. The molecule has 60 heavy (non-hydrogen) atoms. The van der Waals surface area contributed by atoms with Gasteiger partial charge in [0, 0.05) is 55.0 Å². The number of hydrogen-bond acceptors (Lipinski definition) is 12. The first kappa shape index (κ1) is 44.4. The van der Waals surface area contributed by atoms with Crippen LogP contribution in [0.15, 0.2) is 88.2 Å². The van der Waals surface area contributed by atoms with Gasteiger partial charge in [-0.05, 0) is 86.8 Å². The van der Waals surface area contributed by atoms with E-state index in [0.29, 0.717) is 40.6 Å². The van der Waals surface area contributed by atoms with Gasteiger partial charge in [0.1, 0.15) is 28.8 Å². The van der Waals surface area contributed by atoms with Gasteiger partial charge in [0.25, 0.3) is 5.91 Å². The molecular formula is C43H41Cl2FN2O11S. The Labute approximate surface area is 355 Å². The average Bonchev–Trinajstić information content (AvgIpc) is 3.88. The van der Waals surface area contributed by atoms with E-state index in [1.807, 2.05) is 0 Å². The van der Waals surface area contributed by atoms with E-state index in [0.717, 1.165) is 19.1 Å². The number of aromatic nitrogens is 1. The summed E-state index contributed by atoms with van der Waals surface area (Å²) in [4.78, 5) is 55.2. The quantitative estimate of drug-likeness (QED) is 0.0819. The molecule has 0 bridgehead atoms. The Hall–Kier alpha value is -5.19. The standard InChI is InChI=1S/C23H18ClFN2O4.C20H23ClO7S/c1-14(22(28)27(2)20-6-4-3-5-18(20)25)29-16-8-10-17(11-9-16)30-23-26-19-12-7-15(24)13-21(19)31-23;1-29(25,26)17-8-7-13(20(24)18-15(22)5-2-6-16(18)23)19(21)14(17)11-27-10-12-4-3-9-28-12/h3-14H,1-2H3;7-8,12,18H,2-6,9-11H2,1H3/t14-;/m1./s1. The molecule has 1 unspecified atom stereocenters. The molecule has 7 rings (SSSR count). The first-order chi connectivity index (χ1) is 28.6. The molecule has 0 spiro atoms. The molecule has 0 radical (unpaired) electrons. The summed E-state index contributed by atoms with van der Waals surface area (Å²) >= 11 is 12.3. The molecule has 2 aliphatic rings. The molecule has 13 nitrogen and oxygen atoms in total. The first-order valence-electron chi connectivity index (χ1n) is 18.9. The van der Waals surface area contributed by atoms with Crippen molar-refractivity contribution in [1.82, 2.24) is 4.98 Å². The predicted molar refractivity (Wildman–Crippen MR) is 220 cm³/mol. The summed E-state index contributed by atoms with van der Waals surface area (Å²) < 4.78 is 66.3. The SMILES string of the molecule is CS(=O)(=O)c1ccc(C(=O)C2C(=O)CCCC2=O)c(Cl)c1COCC1CCCO1.C[C@@H](Oc1ccc(Oc2nc3ccc(Cl)cc3o2)cc1)C(=O)N(C)c1ccccc1F. The first-order valence-corrected chi connectivity index (χ1v) is 21.6. The second-order valence-corrected chi connectivity index (χ2v) is 17.0. The number of ketones is 3. The topological polar surface area (TPSA) is 169 Å². The van der Waals surface area contributed by atoms with Crippen molar-refractivity contribution in [1.29, 1.82) is 0 Å². The van der Waals surface area contributed by atoms with Crippen LogP contribution in [-0.4, -0.2) is 75.4 Å². The van der Waals surface area contributed by atoms with E-state index in [2.05, 4.69) is 4.98 Å². The lowest BCUT2D eigenvalue weighted by Crippen LogP contribution is -2.38. The molecule has 5 aromatic rings. The van der Waals surface area contributed by atoms with E-state index in [1.165, 1.54) is 36.2 Å². The molecule has 1 amide bonds. The number of oxazole rings is 1. The zero-order chi connectivity index (χ0) is 43.1. The highest BCUT2D eigenvalue weighted by Crippen LogP contribution is 2.33. The van der Waals surface area contributed by atoms with Gasteiger partial charge in [0.15, 0.2) is 38.9 Å². The minimum Gasteiger partial charge on any atom is -0.481 e. The number of amides is 1. The van der Waals surface area contributed by atoms with E-state index in [-0.39, 0.29) is 70.9 Å². The molecule has 2 heterocycles. The average molecular weight is 884 g/mol. The number of carbonyl (C=O) groups excluding carboxylic acids is 4. The smallest absolute Gasteiger partial charge is 0.400 e. The summed E-state index contributed by atoms with van der Waals surface area (Å²) in [7, 11) is -2.13. The summed E-state index contributed by atoms with van der Waals surface area (Å²) in [6, 6.07) is 20.3. The van der Waals surface area contributed by atoms with Crippen LogP contribution < -0.4 is 14.4 Å². The van der Waals surface area contributed by atoms with Crippen molar-refractivity contribution in [2.75, 3.05) is 31.4 Å². The minimum absolute atomic E-state index is 0.0385. The van der Waals surface area contributed by atoms with Crippen molar-refractivity contribution in [3.63, 3.8) is 0 Å². The predicted octanol–water partition coefficient (Wildman–Crippen LogP) is 8.40. The molecular weight excluding hydrogens is 842 g/mol. The molecule has 1 aliphatic heterocycles. The number of ether oxygens (including phenoxy) is 4. The number of Topliss-reactive ketones (excluding diaryl/α,β-unsaturated/α-hetero) is 3. The van der Waals surface area contributed by atoms with Gasteiger partial charge in [-0.3, -0.25) is 19.2 Å². The maximum Gasteiger partial charge on any atom is 0.400 e. The Bertz CT molecular complexity index is 2490. The lowest BCUT2D eigenvalue weighted by molar-refractivity contribution is -0.133. The Balaban J connectivity index is 0.000000202. The van der Waals surface area contributed by atoms with E-state index >= 15 is 0 Å². The molecule has 2 fully saturated rings. The number of sulfone groups is 1. The molecule has 0 N–H and O–H groups in total.